The van der Waals surface area contributed by atoms with Crippen molar-refractivity contribution in [2.75, 3.05) is 7.11 Å². The molecule has 0 atom stereocenters. The minimum Gasteiger partial charge on any atom is -0.480 e. The van der Waals surface area contributed by atoms with Crippen molar-refractivity contribution in [3.05, 3.63) is 47.3 Å². The van der Waals surface area contributed by atoms with Crippen molar-refractivity contribution in [2.24, 2.45) is 0 Å². The lowest BCUT2D eigenvalue weighted by atomic mass is 10.1. The molecule has 0 saturated carbocycles. The highest BCUT2D eigenvalue weighted by Gasteiger charge is 2.21. The molecule has 1 aromatic carbocycles. The summed E-state index contributed by atoms with van der Waals surface area (Å²) in [6, 6.07) is 3.46. The first-order chi connectivity index (χ1) is 10.9. The number of hydrogen-bond acceptors (Lipinski definition) is 4. The van der Waals surface area contributed by atoms with Crippen LogP contribution < -0.4 is 4.74 Å². The van der Waals surface area contributed by atoms with E-state index in [4.69, 9.17) is 9.84 Å². The Labute approximate surface area is 129 Å². The highest BCUT2D eigenvalue weighted by atomic mass is 19.2. The minimum absolute atomic E-state index is 0.000524. The Morgan fingerprint density at radius 2 is 2.04 bits per heavy atom. The third-order valence-corrected chi connectivity index (χ3v) is 3.41. The number of fused-ring (bicyclic) bond motifs is 1. The van der Waals surface area contributed by atoms with Crippen LogP contribution in [0.25, 0.3) is 16.8 Å². The molecule has 118 valence electrons. The number of halogens is 2. The van der Waals surface area contributed by atoms with E-state index in [1.807, 2.05) is 0 Å². The molecule has 23 heavy (non-hydrogen) atoms. The smallest absolute Gasteiger partial charge is 0.342 e. The van der Waals surface area contributed by atoms with Gasteiger partial charge in [0.25, 0.3) is 0 Å². The molecule has 1 N–H and O–H groups in total. The molecule has 0 spiro atoms. The van der Waals surface area contributed by atoms with Crippen molar-refractivity contribution in [2.45, 2.75) is 6.92 Å². The molecule has 8 heteroatoms. The fourth-order valence-electron chi connectivity index (χ4n) is 2.40. The number of aromatic carboxylic acids is 1. The largest absolute Gasteiger partial charge is 0.480 e. The van der Waals surface area contributed by atoms with E-state index in [9.17, 15) is 13.6 Å². The van der Waals surface area contributed by atoms with Gasteiger partial charge in [0.15, 0.2) is 17.3 Å². The van der Waals surface area contributed by atoms with Gasteiger partial charge in [-0.15, -0.1) is 0 Å². The molecule has 0 radical (unpaired) electrons. The van der Waals surface area contributed by atoms with Gasteiger partial charge in [0.2, 0.25) is 5.88 Å². The zero-order valence-corrected chi connectivity index (χ0v) is 12.2. The number of aromatic nitrogens is 3. The molecule has 0 saturated heterocycles. The van der Waals surface area contributed by atoms with E-state index in [0.29, 0.717) is 16.8 Å². The number of hydrogen-bond donors (Lipinski definition) is 1. The first-order valence-corrected chi connectivity index (χ1v) is 6.55. The van der Waals surface area contributed by atoms with E-state index >= 15 is 0 Å². The second-order valence-corrected chi connectivity index (χ2v) is 4.81. The lowest BCUT2D eigenvalue weighted by molar-refractivity contribution is 0.0691. The first kappa shape index (κ1) is 14.9. The van der Waals surface area contributed by atoms with Crippen molar-refractivity contribution in [1.29, 1.82) is 0 Å². The summed E-state index contributed by atoms with van der Waals surface area (Å²) in [4.78, 5) is 15.3. The predicted octanol–water partition coefficient (Wildman–Crippen LogP) is 2.69. The van der Waals surface area contributed by atoms with E-state index in [1.54, 1.807) is 6.92 Å². The number of rotatable bonds is 3. The Kier molecular flexibility index (Phi) is 3.44. The van der Waals surface area contributed by atoms with E-state index in [-0.39, 0.29) is 17.1 Å². The number of methoxy groups -OCH3 is 1. The molecule has 0 aliphatic rings. The molecule has 0 amide bonds. The zero-order valence-electron chi connectivity index (χ0n) is 12.2. The van der Waals surface area contributed by atoms with Gasteiger partial charge in [-0.25, -0.2) is 18.6 Å². The molecular weight excluding hydrogens is 308 g/mol. The monoisotopic (exact) mass is 319 g/mol. The lowest BCUT2D eigenvalue weighted by Gasteiger charge is -2.07. The summed E-state index contributed by atoms with van der Waals surface area (Å²) >= 11 is 0. The number of ether oxygens (including phenoxy) is 1. The van der Waals surface area contributed by atoms with E-state index in [1.165, 1.54) is 17.7 Å². The summed E-state index contributed by atoms with van der Waals surface area (Å²) in [5, 5.41) is 13.4. The third kappa shape index (κ3) is 2.28. The molecule has 3 aromatic rings. The molecule has 6 nitrogen and oxygen atoms in total. The zero-order chi connectivity index (χ0) is 16.7. The third-order valence-electron chi connectivity index (χ3n) is 3.41. The Bertz CT molecular complexity index is 937. The SMILES string of the molecule is COc1c(C(=O)O)cnc2c(-c3ccc(F)c(F)c3)c(C)nn12. The van der Waals surface area contributed by atoms with Crippen molar-refractivity contribution >= 4 is 11.6 Å². The van der Waals surface area contributed by atoms with Crippen LogP contribution in [0.2, 0.25) is 0 Å². The molecule has 2 aromatic heterocycles. The molecular formula is C15H11F2N3O3. The normalized spacial score (nSPS) is 11.0. The summed E-state index contributed by atoms with van der Waals surface area (Å²) < 4.78 is 33.0. The van der Waals surface area contributed by atoms with Crippen LogP contribution in [0.4, 0.5) is 8.78 Å². The Balaban J connectivity index is 2.32. The van der Waals surface area contributed by atoms with Crippen LogP contribution in [0.3, 0.4) is 0 Å². The number of nitrogens with zero attached hydrogens (tertiary/aromatic N) is 3. The molecule has 0 unspecified atom stereocenters. The average Bonchev–Trinajstić information content (AvgIpc) is 2.84. The maximum absolute atomic E-state index is 13.5. The summed E-state index contributed by atoms with van der Waals surface area (Å²) in [6.45, 7) is 1.66. The van der Waals surface area contributed by atoms with Crippen LogP contribution in [0.5, 0.6) is 5.88 Å². The van der Waals surface area contributed by atoms with Gasteiger partial charge >= 0.3 is 5.97 Å². The maximum atomic E-state index is 13.5. The number of benzene rings is 1. The van der Waals surface area contributed by atoms with Crippen molar-refractivity contribution in [3.63, 3.8) is 0 Å². The quantitative estimate of drug-likeness (QED) is 0.803. The van der Waals surface area contributed by atoms with Gasteiger partial charge in [-0.1, -0.05) is 6.07 Å². The number of carbonyl (C=O) groups is 1. The van der Waals surface area contributed by atoms with Gasteiger partial charge < -0.3 is 9.84 Å². The molecule has 0 aliphatic heterocycles. The van der Waals surface area contributed by atoms with Crippen LogP contribution >= 0.6 is 0 Å². The van der Waals surface area contributed by atoms with Gasteiger partial charge in [0, 0.05) is 11.8 Å². The molecule has 3 rings (SSSR count). The van der Waals surface area contributed by atoms with Gasteiger partial charge in [-0.05, 0) is 24.6 Å². The first-order valence-electron chi connectivity index (χ1n) is 6.55. The summed E-state index contributed by atoms with van der Waals surface area (Å²) in [6.07, 6.45) is 1.14. The van der Waals surface area contributed by atoms with Crippen LogP contribution in [0.1, 0.15) is 16.1 Å². The van der Waals surface area contributed by atoms with Crippen molar-refractivity contribution in [1.82, 2.24) is 14.6 Å². The van der Waals surface area contributed by atoms with Gasteiger partial charge in [-0.3, -0.25) is 0 Å². The maximum Gasteiger partial charge on any atom is 0.342 e. The van der Waals surface area contributed by atoms with Crippen molar-refractivity contribution < 1.29 is 23.4 Å². The van der Waals surface area contributed by atoms with Crippen molar-refractivity contribution in [3.8, 4) is 17.0 Å². The second kappa shape index (κ2) is 5.31. The molecule has 0 fully saturated rings. The second-order valence-electron chi connectivity index (χ2n) is 4.81. The van der Waals surface area contributed by atoms with Gasteiger partial charge in [0.05, 0.1) is 12.8 Å². The molecule has 0 bridgehead atoms. The highest BCUT2D eigenvalue weighted by Crippen LogP contribution is 2.31. The number of carboxylic acid groups (broad SMARTS) is 1. The average molecular weight is 319 g/mol. The fraction of sp³-hybridized carbons (Fsp3) is 0.133. The molecule has 2 heterocycles. The van der Waals surface area contributed by atoms with Crippen LogP contribution in [-0.2, 0) is 0 Å². The van der Waals surface area contributed by atoms with Gasteiger partial charge in [-0.2, -0.15) is 9.61 Å². The van der Waals surface area contributed by atoms with Crippen LogP contribution in [0.15, 0.2) is 24.4 Å². The molecule has 0 aliphatic carbocycles. The van der Waals surface area contributed by atoms with Crippen LogP contribution in [-0.4, -0.2) is 32.8 Å². The van der Waals surface area contributed by atoms with Crippen LogP contribution in [0, 0.1) is 18.6 Å². The van der Waals surface area contributed by atoms with E-state index in [0.717, 1.165) is 18.3 Å². The summed E-state index contributed by atoms with van der Waals surface area (Å²) in [7, 11) is 1.31. The summed E-state index contributed by atoms with van der Waals surface area (Å²) in [5.41, 5.74) is 1.47. The standard InChI is InChI=1S/C15H11F2N3O3/c1-7-12(8-3-4-10(16)11(17)5-8)13-18-6-9(15(21)22)14(23-2)20(13)19-7/h3-6H,1-2H3,(H,21,22). The number of carboxylic acids is 1. The topological polar surface area (TPSA) is 76.7 Å². The number of aryl methyl sites for hydroxylation is 1. The highest BCUT2D eigenvalue weighted by molar-refractivity contribution is 5.91. The minimum atomic E-state index is -1.21. The van der Waals surface area contributed by atoms with E-state index < -0.39 is 17.6 Å². The summed E-state index contributed by atoms with van der Waals surface area (Å²) in [5.74, 6) is -3.16. The van der Waals surface area contributed by atoms with Gasteiger partial charge in [0.1, 0.15) is 5.56 Å². The Hall–Kier alpha value is -3.03. The predicted molar refractivity (Wildman–Crippen MR) is 76.6 cm³/mol. The fourth-order valence-corrected chi connectivity index (χ4v) is 2.40. The van der Waals surface area contributed by atoms with E-state index in [2.05, 4.69) is 10.1 Å². The Morgan fingerprint density at radius 1 is 1.30 bits per heavy atom. The lowest BCUT2D eigenvalue weighted by Crippen LogP contribution is -2.07. The Morgan fingerprint density at radius 3 is 2.65 bits per heavy atom.